The molecule has 0 aliphatic heterocycles. The fraction of sp³-hybridized carbons (Fsp3) is 0.238. The van der Waals surface area contributed by atoms with E-state index in [2.05, 4.69) is 42.5 Å². The van der Waals surface area contributed by atoms with E-state index in [4.69, 9.17) is 4.74 Å². The number of ether oxygens (including phenoxy) is 1. The Labute approximate surface area is 153 Å². The summed E-state index contributed by atoms with van der Waals surface area (Å²) < 4.78 is 5.34. The first kappa shape index (κ1) is 17.6. The van der Waals surface area contributed by atoms with E-state index in [1.165, 1.54) is 10.5 Å². The standard InChI is InChI=1S/C21H23NO2S/c1-22(13-15-4-9-18(25-3)10-5-15)14-20-19-12-17(24-2)8-6-16(19)7-11-21(20)23/h4-12,23H,13-14H2,1-3H3. The van der Waals surface area contributed by atoms with Crippen LogP contribution >= 0.6 is 11.8 Å². The molecule has 0 spiro atoms. The summed E-state index contributed by atoms with van der Waals surface area (Å²) in [5, 5.41) is 12.5. The molecule has 0 saturated carbocycles. The summed E-state index contributed by atoms with van der Waals surface area (Å²) in [5.74, 6) is 1.12. The molecule has 3 rings (SSSR count). The highest BCUT2D eigenvalue weighted by Crippen LogP contribution is 2.31. The number of hydrogen-bond donors (Lipinski definition) is 1. The second kappa shape index (κ2) is 7.81. The number of nitrogens with zero attached hydrogens (tertiary/aromatic N) is 1. The molecule has 0 unspecified atom stereocenters. The van der Waals surface area contributed by atoms with Gasteiger partial charge >= 0.3 is 0 Å². The molecule has 0 saturated heterocycles. The van der Waals surface area contributed by atoms with E-state index in [1.807, 2.05) is 24.3 Å². The van der Waals surface area contributed by atoms with Crippen molar-refractivity contribution in [1.82, 2.24) is 4.90 Å². The topological polar surface area (TPSA) is 32.7 Å². The zero-order chi connectivity index (χ0) is 17.8. The summed E-state index contributed by atoms with van der Waals surface area (Å²) in [4.78, 5) is 3.48. The van der Waals surface area contributed by atoms with Crippen LogP contribution in [-0.2, 0) is 13.1 Å². The zero-order valence-electron chi connectivity index (χ0n) is 14.8. The van der Waals surface area contributed by atoms with Crippen LogP contribution in [0.1, 0.15) is 11.1 Å². The molecular weight excluding hydrogens is 330 g/mol. The number of phenolic OH excluding ortho intramolecular Hbond substituents is 1. The van der Waals surface area contributed by atoms with Gasteiger partial charge in [-0.1, -0.05) is 24.3 Å². The Balaban J connectivity index is 1.84. The van der Waals surface area contributed by atoms with Crippen LogP contribution in [0.5, 0.6) is 11.5 Å². The van der Waals surface area contributed by atoms with Crippen LogP contribution in [0.15, 0.2) is 59.5 Å². The Morgan fingerprint density at radius 3 is 2.40 bits per heavy atom. The maximum atomic E-state index is 10.4. The van der Waals surface area contributed by atoms with Gasteiger partial charge in [0.1, 0.15) is 11.5 Å². The molecule has 0 aliphatic rings. The minimum Gasteiger partial charge on any atom is -0.508 e. The van der Waals surface area contributed by atoms with Gasteiger partial charge in [-0.25, -0.2) is 0 Å². The number of methoxy groups -OCH3 is 1. The molecule has 0 atom stereocenters. The second-order valence-electron chi connectivity index (χ2n) is 6.17. The lowest BCUT2D eigenvalue weighted by Gasteiger charge is -2.19. The van der Waals surface area contributed by atoms with Crippen molar-refractivity contribution >= 4 is 22.5 Å². The first-order valence-corrected chi connectivity index (χ1v) is 9.43. The predicted octanol–water partition coefficient (Wildman–Crippen LogP) is 4.91. The van der Waals surface area contributed by atoms with E-state index >= 15 is 0 Å². The molecule has 1 N–H and O–H groups in total. The molecule has 0 fully saturated rings. The highest BCUT2D eigenvalue weighted by molar-refractivity contribution is 7.98. The molecule has 0 aliphatic carbocycles. The zero-order valence-corrected chi connectivity index (χ0v) is 15.6. The van der Waals surface area contributed by atoms with Gasteiger partial charge in [0.2, 0.25) is 0 Å². The minimum atomic E-state index is 0.324. The summed E-state index contributed by atoms with van der Waals surface area (Å²) in [5.41, 5.74) is 2.19. The van der Waals surface area contributed by atoms with Gasteiger partial charge in [-0.3, -0.25) is 4.90 Å². The summed E-state index contributed by atoms with van der Waals surface area (Å²) in [6.45, 7) is 1.50. The van der Waals surface area contributed by atoms with Crippen LogP contribution in [0, 0.1) is 0 Å². The molecule has 3 nitrogen and oxygen atoms in total. The van der Waals surface area contributed by atoms with Gasteiger partial charge in [-0.15, -0.1) is 11.8 Å². The lowest BCUT2D eigenvalue weighted by Crippen LogP contribution is -2.17. The van der Waals surface area contributed by atoms with Crippen LogP contribution in [0.2, 0.25) is 0 Å². The van der Waals surface area contributed by atoms with E-state index < -0.39 is 0 Å². The van der Waals surface area contributed by atoms with Gasteiger partial charge in [-0.05, 0) is 60.0 Å². The normalized spacial score (nSPS) is 11.2. The summed E-state index contributed by atoms with van der Waals surface area (Å²) in [7, 11) is 3.73. The Hall–Kier alpha value is -2.17. The van der Waals surface area contributed by atoms with Gasteiger partial charge in [-0.2, -0.15) is 0 Å². The number of fused-ring (bicyclic) bond motifs is 1. The third-order valence-electron chi connectivity index (χ3n) is 4.36. The fourth-order valence-electron chi connectivity index (χ4n) is 3.01. The maximum Gasteiger partial charge on any atom is 0.120 e. The number of phenols is 1. The van der Waals surface area contributed by atoms with Gasteiger partial charge in [0, 0.05) is 23.5 Å². The van der Waals surface area contributed by atoms with E-state index in [0.717, 1.165) is 28.6 Å². The highest BCUT2D eigenvalue weighted by atomic mass is 32.2. The number of thioether (sulfide) groups is 1. The minimum absolute atomic E-state index is 0.324. The highest BCUT2D eigenvalue weighted by Gasteiger charge is 2.11. The molecule has 0 bridgehead atoms. The predicted molar refractivity (Wildman–Crippen MR) is 106 cm³/mol. The number of benzene rings is 3. The lowest BCUT2D eigenvalue weighted by atomic mass is 10.0. The maximum absolute atomic E-state index is 10.4. The number of aromatic hydroxyl groups is 1. The van der Waals surface area contributed by atoms with Crippen LogP contribution in [-0.4, -0.2) is 30.4 Å². The summed E-state index contributed by atoms with van der Waals surface area (Å²) in [6.07, 6.45) is 2.08. The smallest absolute Gasteiger partial charge is 0.120 e. The van der Waals surface area contributed by atoms with Gasteiger partial charge < -0.3 is 9.84 Å². The molecule has 4 heteroatoms. The molecule has 0 radical (unpaired) electrons. The van der Waals surface area contributed by atoms with Crippen LogP contribution < -0.4 is 4.74 Å². The lowest BCUT2D eigenvalue weighted by molar-refractivity contribution is 0.314. The van der Waals surface area contributed by atoms with E-state index in [0.29, 0.717) is 12.3 Å². The van der Waals surface area contributed by atoms with Crippen molar-refractivity contribution in [2.75, 3.05) is 20.4 Å². The second-order valence-corrected chi connectivity index (χ2v) is 7.05. The van der Waals surface area contributed by atoms with Crippen molar-refractivity contribution in [3.63, 3.8) is 0 Å². The monoisotopic (exact) mass is 353 g/mol. The summed E-state index contributed by atoms with van der Waals surface area (Å²) in [6, 6.07) is 18.3. The Kier molecular flexibility index (Phi) is 5.51. The van der Waals surface area contributed by atoms with Crippen LogP contribution in [0.3, 0.4) is 0 Å². The molecule has 130 valence electrons. The average molecular weight is 353 g/mol. The van der Waals surface area contributed by atoms with Gasteiger partial charge in [0.05, 0.1) is 7.11 Å². The largest absolute Gasteiger partial charge is 0.508 e. The van der Waals surface area contributed by atoms with Crippen molar-refractivity contribution in [2.45, 2.75) is 18.0 Å². The first-order valence-electron chi connectivity index (χ1n) is 8.21. The van der Waals surface area contributed by atoms with Crippen LogP contribution in [0.4, 0.5) is 0 Å². The van der Waals surface area contributed by atoms with Crippen molar-refractivity contribution < 1.29 is 9.84 Å². The molecule has 0 amide bonds. The number of rotatable bonds is 6. The van der Waals surface area contributed by atoms with Crippen molar-refractivity contribution in [3.05, 3.63) is 65.7 Å². The van der Waals surface area contributed by atoms with E-state index in [1.54, 1.807) is 24.9 Å². The first-order chi connectivity index (χ1) is 12.1. The molecule has 25 heavy (non-hydrogen) atoms. The molecule has 0 heterocycles. The van der Waals surface area contributed by atoms with E-state index in [-0.39, 0.29) is 0 Å². The SMILES string of the molecule is COc1ccc2ccc(O)c(CN(C)Cc3ccc(SC)cc3)c2c1. The van der Waals surface area contributed by atoms with Gasteiger partial charge in [0.15, 0.2) is 0 Å². The molecule has 3 aromatic carbocycles. The molecule has 3 aromatic rings. The van der Waals surface area contributed by atoms with Crippen molar-refractivity contribution in [2.24, 2.45) is 0 Å². The van der Waals surface area contributed by atoms with Crippen molar-refractivity contribution in [1.29, 1.82) is 0 Å². The third-order valence-corrected chi connectivity index (χ3v) is 5.10. The Morgan fingerprint density at radius 1 is 1.00 bits per heavy atom. The van der Waals surface area contributed by atoms with Gasteiger partial charge in [0.25, 0.3) is 0 Å². The quantitative estimate of drug-likeness (QED) is 0.638. The fourth-order valence-corrected chi connectivity index (χ4v) is 3.42. The molecule has 0 aromatic heterocycles. The van der Waals surface area contributed by atoms with Crippen molar-refractivity contribution in [3.8, 4) is 11.5 Å². The third kappa shape index (κ3) is 4.09. The number of hydrogen-bond acceptors (Lipinski definition) is 4. The summed E-state index contributed by atoms with van der Waals surface area (Å²) >= 11 is 1.75. The average Bonchev–Trinajstić information content (AvgIpc) is 2.64. The van der Waals surface area contributed by atoms with Crippen LogP contribution in [0.25, 0.3) is 10.8 Å². The Bertz CT molecular complexity index is 862. The molecular formula is C21H23NO2S. The van der Waals surface area contributed by atoms with E-state index in [9.17, 15) is 5.11 Å². The Morgan fingerprint density at radius 2 is 1.72 bits per heavy atom.